The van der Waals surface area contributed by atoms with Crippen molar-refractivity contribution in [3.8, 4) is 10.6 Å². The standard InChI is InChI=1S/C21H18F3N3O3S2/c1-4-15(28)26-19-16(12-7-9(2)27(20(29)30)10(3)17(12)32-19)18-25-13-8-11(21(22,23)24)5-6-14(13)31-18/h4-6,8-10H,1,7H2,2-3H3,(H,26,28)(H,29,30). The zero-order valence-electron chi connectivity index (χ0n) is 17.0. The molecule has 2 amide bonds. The predicted octanol–water partition coefficient (Wildman–Crippen LogP) is 6.15. The van der Waals surface area contributed by atoms with Crippen LogP contribution in [-0.4, -0.2) is 33.0 Å². The first-order valence-electron chi connectivity index (χ1n) is 9.59. The molecule has 0 bridgehead atoms. The van der Waals surface area contributed by atoms with Crippen LogP contribution in [0.4, 0.5) is 23.0 Å². The average molecular weight is 482 g/mol. The Hall–Kier alpha value is -2.92. The van der Waals surface area contributed by atoms with Gasteiger partial charge in [0.15, 0.2) is 0 Å². The van der Waals surface area contributed by atoms with E-state index >= 15 is 0 Å². The molecule has 3 aromatic rings. The lowest BCUT2D eigenvalue weighted by Crippen LogP contribution is -2.43. The van der Waals surface area contributed by atoms with Crippen LogP contribution in [-0.2, 0) is 17.4 Å². The second-order valence-electron chi connectivity index (χ2n) is 7.46. The monoisotopic (exact) mass is 481 g/mol. The number of benzene rings is 1. The number of thiazole rings is 1. The molecule has 0 aliphatic carbocycles. The Balaban J connectivity index is 1.90. The van der Waals surface area contributed by atoms with Crippen LogP contribution in [0.5, 0.6) is 0 Å². The first kappa shape index (κ1) is 22.3. The molecular weight excluding hydrogens is 463 g/mol. The van der Waals surface area contributed by atoms with Crippen LogP contribution in [0.1, 0.15) is 35.9 Å². The van der Waals surface area contributed by atoms with E-state index in [2.05, 4.69) is 16.9 Å². The number of thiophene rings is 1. The molecule has 1 aromatic carbocycles. The van der Waals surface area contributed by atoms with Gasteiger partial charge in [0.1, 0.15) is 10.0 Å². The summed E-state index contributed by atoms with van der Waals surface area (Å²) in [5, 5.41) is 13.3. The van der Waals surface area contributed by atoms with E-state index in [-0.39, 0.29) is 11.6 Å². The van der Waals surface area contributed by atoms with E-state index in [1.165, 1.54) is 33.6 Å². The number of fused-ring (bicyclic) bond motifs is 2. The fourth-order valence-electron chi connectivity index (χ4n) is 3.97. The molecule has 1 aliphatic rings. The molecule has 168 valence electrons. The molecule has 2 atom stereocenters. The lowest BCUT2D eigenvalue weighted by atomic mass is 9.93. The van der Waals surface area contributed by atoms with Gasteiger partial charge in [-0.05, 0) is 50.1 Å². The number of anilines is 1. The van der Waals surface area contributed by atoms with Crippen molar-refractivity contribution in [1.29, 1.82) is 0 Å². The van der Waals surface area contributed by atoms with Crippen molar-refractivity contribution in [2.75, 3.05) is 5.32 Å². The molecule has 0 saturated carbocycles. The lowest BCUT2D eigenvalue weighted by molar-refractivity contribution is -0.137. The first-order valence-corrected chi connectivity index (χ1v) is 11.2. The highest BCUT2D eigenvalue weighted by molar-refractivity contribution is 7.23. The van der Waals surface area contributed by atoms with Gasteiger partial charge in [-0.3, -0.25) is 9.69 Å². The molecule has 0 spiro atoms. The summed E-state index contributed by atoms with van der Waals surface area (Å²) >= 11 is 2.48. The summed E-state index contributed by atoms with van der Waals surface area (Å²) in [5.74, 6) is -0.443. The van der Waals surface area contributed by atoms with E-state index < -0.39 is 29.8 Å². The fourth-order valence-corrected chi connectivity index (χ4v) is 6.34. The number of hydrogen-bond acceptors (Lipinski definition) is 5. The van der Waals surface area contributed by atoms with Gasteiger partial charge >= 0.3 is 12.3 Å². The highest BCUT2D eigenvalue weighted by Crippen LogP contribution is 2.50. The smallest absolute Gasteiger partial charge is 0.416 e. The third kappa shape index (κ3) is 3.75. The maximum absolute atomic E-state index is 13.1. The van der Waals surface area contributed by atoms with E-state index in [1.54, 1.807) is 13.8 Å². The third-order valence-corrected chi connectivity index (χ3v) is 7.75. The number of carbonyl (C=O) groups excluding carboxylic acids is 1. The normalized spacial score (nSPS) is 18.5. The van der Waals surface area contributed by atoms with Gasteiger partial charge in [-0.2, -0.15) is 13.2 Å². The molecular formula is C21H18F3N3O3S2. The molecule has 2 unspecified atom stereocenters. The summed E-state index contributed by atoms with van der Waals surface area (Å²) in [4.78, 5) is 30.4. The van der Waals surface area contributed by atoms with Crippen LogP contribution in [0.25, 0.3) is 20.8 Å². The zero-order chi connectivity index (χ0) is 23.4. The van der Waals surface area contributed by atoms with E-state index in [9.17, 15) is 27.9 Å². The highest BCUT2D eigenvalue weighted by atomic mass is 32.1. The van der Waals surface area contributed by atoms with Gasteiger partial charge in [0, 0.05) is 16.5 Å². The molecule has 2 aromatic heterocycles. The van der Waals surface area contributed by atoms with Gasteiger partial charge in [0.25, 0.3) is 0 Å². The number of aromatic nitrogens is 1. The molecule has 2 N–H and O–H groups in total. The molecule has 6 nitrogen and oxygen atoms in total. The highest BCUT2D eigenvalue weighted by Gasteiger charge is 2.38. The Morgan fingerprint density at radius 3 is 2.66 bits per heavy atom. The number of alkyl halides is 3. The Kier molecular flexibility index (Phi) is 5.49. The van der Waals surface area contributed by atoms with Crippen LogP contribution in [0.15, 0.2) is 30.9 Å². The lowest BCUT2D eigenvalue weighted by Gasteiger charge is -2.36. The fraction of sp³-hybridized carbons (Fsp3) is 0.286. The molecule has 3 heterocycles. The summed E-state index contributed by atoms with van der Waals surface area (Å²) in [6.07, 6.45) is -4.01. The quantitative estimate of drug-likeness (QED) is 0.440. The molecule has 1 aliphatic heterocycles. The number of carbonyl (C=O) groups is 2. The second kappa shape index (κ2) is 7.89. The number of halogens is 3. The number of carboxylic acid groups (broad SMARTS) is 1. The average Bonchev–Trinajstić information content (AvgIpc) is 3.27. The minimum absolute atomic E-state index is 0.213. The van der Waals surface area contributed by atoms with E-state index in [0.717, 1.165) is 28.6 Å². The summed E-state index contributed by atoms with van der Waals surface area (Å²) in [7, 11) is 0. The van der Waals surface area contributed by atoms with Crippen LogP contribution in [0.3, 0.4) is 0 Å². The van der Waals surface area contributed by atoms with Crippen molar-refractivity contribution >= 4 is 49.9 Å². The minimum atomic E-state index is -4.48. The van der Waals surface area contributed by atoms with Crippen molar-refractivity contribution < 1.29 is 27.9 Å². The molecule has 0 radical (unpaired) electrons. The Bertz CT molecular complexity index is 1250. The van der Waals surface area contributed by atoms with Crippen LogP contribution in [0.2, 0.25) is 0 Å². The number of nitrogens with zero attached hydrogens (tertiary/aromatic N) is 2. The minimum Gasteiger partial charge on any atom is -0.465 e. The number of amides is 2. The maximum Gasteiger partial charge on any atom is 0.416 e. The van der Waals surface area contributed by atoms with E-state index in [1.807, 2.05) is 0 Å². The van der Waals surface area contributed by atoms with Gasteiger partial charge in [-0.25, -0.2) is 9.78 Å². The zero-order valence-corrected chi connectivity index (χ0v) is 18.6. The van der Waals surface area contributed by atoms with Gasteiger partial charge in [0.05, 0.1) is 21.8 Å². The Labute approximate surface area is 189 Å². The van der Waals surface area contributed by atoms with Crippen molar-refractivity contribution in [1.82, 2.24) is 9.88 Å². The third-order valence-electron chi connectivity index (χ3n) is 5.38. The van der Waals surface area contributed by atoms with Gasteiger partial charge in [-0.15, -0.1) is 22.7 Å². The summed E-state index contributed by atoms with van der Waals surface area (Å²) in [6.45, 7) is 7.03. The predicted molar refractivity (Wildman–Crippen MR) is 118 cm³/mol. The SMILES string of the molecule is C=CC(=O)Nc1sc2c(c1-c1nc3cc(C(F)(F)F)ccc3s1)CC(C)N(C(=O)O)C2C. The molecule has 0 fully saturated rings. The summed E-state index contributed by atoms with van der Waals surface area (Å²) in [6, 6.07) is 2.64. The van der Waals surface area contributed by atoms with Crippen molar-refractivity contribution in [3.63, 3.8) is 0 Å². The van der Waals surface area contributed by atoms with Gasteiger partial charge in [-0.1, -0.05) is 6.58 Å². The maximum atomic E-state index is 13.1. The molecule has 32 heavy (non-hydrogen) atoms. The van der Waals surface area contributed by atoms with Crippen LogP contribution in [0, 0.1) is 0 Å². The van der Waals surface area contributed by atoms with Crippen molar-refractivity contribution in [2.45, 2.75) is 38.5 Å². The number of hydrogen-bond donors (Lipinski definition) is 2. The largest absolute Gasteiger partial charge is 0.465 e. The van der Waals surface area contributed by atoms with Gasteiger partial charge < -0.3 is 10.4 Å². The second-order valence-corrected chi connectivity index (χ2v) is 9.54. The molecule has 4 rings (SSSR count). The van der Waals surface area contributed by atoms with Crippen molar-refractivity contribution in [2.24, 2.45) is 0 Å². The topological polar surface area (TPSA) is 82.5 Å². The van der Waals surface area contributed by atoms with Crippen LogP contribution < -0.4 is 5.32 Å². The number of nitrogens with one attached hydrogen (secondary N) is 1. The number of rotatable bonds is 3. The summed E-state index contributed by atoms with van der Waals surface area (Å²) < 4.78 is 40.0. The summed E-state index contributed by atoms with van der Waals surface area (Å²) in [5.41, 5.74) is 0.902. The van der Waals surface area contributed by atoms with Gasteiger partial charge in [0.2, 0.25) is 5.91 Å². The van der Waals surface area contributed by atoms with Crippen LogP contribution >= 0.6 is 22.7 Å². The van der Waals surface area contributed by atoms with E-state index in [0.29, 0.717) is 26.7 Å². The molecule has 0 saturated heterocycles. The Morgan fingerprint density at radius 1 is 1.31 bits per heavy atom. The molecule has 11 heteroatoms. The Morgan fingerprint density at radius 2 is 2.03 bits per heavy atom. The van der Waals surface area contributed by atoms with Crippen molar-refractivity contribution in [3.05, 3.63) is 46.9 Å². The first-order chi connectivity index (χ1) is 15.0. The van der Waals surface area contributed by atoms with E-state index in [4.69, 9.17) is 0 Å².